The van der Waals surface area contributed by atoms with Crippen molar-refractivity contribution in [2.45, 2.75) is 59.4 Å². The molecule has 106 valence electrons. The van der Waals surface area contributed by atoms with Gasteiger partial charge in [-0.3, -0.25) is 0 Å². The van der Waals surface area contributed by atoms with E-state index < -0.39 is 0 Å². The molecular weight excluding hydrogens is 230 g/mol. The molecule has 1 aliphatic rings. The highest BCUT2D eigenvalue weighted by molar-refractivity contribution is 5.27. The van der Waals surface area contributed by atoms with E-state index in [2.05, 4.69) is 64.2 Å². The monoisotopic (exact) mass is 259 g/mol. The standard InChI is InChI=1S/C18H29N/c1-13-7-6-8-15(9-13)16-10-17(11-16)19-12-14(2)18(3,4)5/h6-9,14,16-17,19H,10-12H2,1-5H3. The van der Waals surface area contributed by atoms with Gasteiger partial charge in [0.25, 0.3) is 0 Å². The van der Waals surface area contributed by atoms with E-state index in [1.54, 1.807) is 0 Å². The minimum atomic E-state index is 0.409. The molecule has 1 fully saturated rings. The third-order valence-electron chi connectivity index (χ3n) is 4.84. The Balaban J connectivity index is 1.75. The maximum absolute atomic E-state index is 3.74. The van der Waals surface area contributed by atoms with Crippen LogP contribution in [0, 0.1) is 18.3 Å². The molecular formula is C18H29N. The zero-order chi connectivity index (χ0) is 14.0. The van der Waals surface area contributed by atoms with Gasteiger partial charge in [-0.1, -0.05) is 57.5 Å². The normalized spacial score (nSPS) is 24.9. The summed E-state index contributed by atoms with van der Waals surface area (Å²) in [5, 5.41) is 3.74. The second kappa shape index (κ2) is 5.66. The second-order valence-electron chi connectivity index (χ2n) is 7.45. The van der Waals surface area contributed by atoms with E-state index in [-0.39, 0.29) is 0 Å². The summed E-state index contributed by atoms with van der Waals surface area (Å²) in [5.74, 6) is 1.51. The number of hydrogen-bond acceptors (Lipinski definition) is 1. The number of benzene rings is 1. The van der Waals surface area contributed by atoms with E-state index in [0.29, 0.717) is 5.41 Å². The van der Waals surface area contributed by atoms with Gasteiger partial charge >= 0.3 is 0 Å². The van der Waals surface area contributed by atoms with Crippen molar-refractivity contribution in [3.63, 3.8) is 0 Å². The first kappa shape index (κ1) is 14.6. The van der Waals surface area contributed by atoms with Gasteiger partial charge < -0.3 is 5.32 Å². The van der Waals surface area contributed by atoms with Gasteiger partial charge in [-0.05, 0) is 49.1 Å². The van der Waals surface area contributed by atoms with Crippen molar-refractivity contribution >= 4 is 0 Å². The summed E-state index contributed by atoms with van der Waals surface area (Å²) in [4.78, 5) is 0. The highest BCUT2D eigenvalue weighted by Gasteiger charge is 2.31. The Kier molecular flexibility index (Phi) is 4.35. The minimum Gasteiger partial charge on any atom is -0.314 e. The van der Waals surface area contributed by atoms with Gasteiger partial charge in [-0.25, -0.2) is 0 Å². The van der Waals surface area contributed by atoms with Gasteiger partial charge in [0.1, 0.15) is 0 Å². The first-order chi connectivity index (χ1) is 8.86. The van der Waals surface area contributed by atoms with Crippen LogP contribution in [0.25, 0.3) is 0 Å². The van der Waals surface area contributed by atoms with Crippen LogP contribution in [0.1, 0.15) is 57.6 Å². The van der Waals surface area contributed by atoms with Crippen LogP contribution in [0.3, 0.4) is 0 Å². The fourth-order valence-electron chi connectivity index (χ4n) is 2.63. The SMILES string of the molecule is Cc1cccc(C2CC(NCC(C)C(C)(C)C)C2)c1. The molecule has 1 aromatic carbocycles. The van der Waals surface area contributed by atoms with Gasteiger partial charge in [-0.2, -0.15) is 0 Å². The van der Waals surface area contributed by atoms with Gasteiger partial charge in [0.05, 0.1) is 0 Å². The Hall–Kier alpha value is -0.820. The van der Waals surface area contributed by atoms with Crippen molar-refractivity contribution in [1.82, 2.24) is 5.32 Å². The number of aryl methyl sites for hydroxylation is 1. The van der Waals surface area contributed by atoms with Gasteiger partial charge in [0.2, 0.25) is 0 Å². The smallest absolute Gasteiger partial charge is 0.00788 e. The van der Waals surface area contributed by atoms with E-state index in [4.69, 9.17) is 0 Å². The molecule has 1 aromatic rings. The van der Waals surface area contributed by atoms with Crippen LogP contribution in [0.4, 0.5) is 0 Å². The van der Waals surface area contributed by atoms with Crippen LogP contribution in [-0.4, -0.2) is 12.6 Å². The van der Waals surface area contributed by atoms with Crippen LogP contribution in [0.5, 0.6) is 0 Å². The van der Waals surface area contributed by atoms with Crippen molar-refractivity contribution in [1.29, 1.82) is 0 Å². The maximum Gasteiger partial charge on any atom is 0.00788 e. The van der Waals surface area contributed by atoms with E-state index >= 15 is 0 Å². The lowest BCUT2D eigenvalue weighted by Gasteiger charge is -2.38. The predicted molar refractivity (Wildman–Crippen MR) is 83.6 cm³/mol. The summed E-state index contributed by atoms with van der Waals surface area (Å²) < 4.78 is 0. The molecule has 0 heterocycles. The molecule has 1 heteroatoms. The predicted octanol–water partition coefficient (Wildman–Crippen LogP) is 4.51. The first-order valence-electron chi connectivity index (χ1n) is 7.66. The minimum absolute atomic E-state index is 0.409. The van der Waals surface area contributed by atoms with E-state index in [1.807, 2.05) is 0 Å². The summed E-state index contributed by atoms with van der Waals surface area (Å²) in [5.41, 5.74) is 3.32. The van der Waals surface area contributed by atoms with Crippen molar-refractivity contribution in [2.75, 3.05) is 6.54 Å². The topological polar surface area (TPSA) is 12.0 Å². The summed E-state index contributed by atoms with van der Waals surface area (Å²) in [6.45, 7) is 12.7. The molecule has 0 bridgehead atoms. The maximum atomic E-state index is 3.74. The number of nitrogens with one attached hydrogen (secondary N) is 1. The molecule has 0 spiro atoms. The Morgan fingerprint density at radius 1 is 1.26 bits per heavy atom. The third-order valence-corrected chi connectivity index (χ3v) is 4.84. The quantitative estimate of drug-likeness (QED) is 0.838. The van der Waals surface area contributed by atoms with E-state index in [1.165, 1.54) is 24.0 Å². The van der Waals surface area contributed by atoms with Crippen LogP contribution in [-0.2, 0) is 0 Å². The van der Waals surface area contributed by atoms with Gasteiger partial charge in [0.15, 0.2) is 0 Å². The zero-order valence-electron chi connectivity index (χ0n) is 13.2. The average Bonchev–Trinajstić information content (AvgIpc) is 2.25. The lowest BCUT2D eigenvalue weighted by atomic mass is 9.75. The lowest BCUT2D eigenvalue weighted by Crippen LogP contribution is -2.43. The molecule has 1 unspecified atom stereocenters. The Labute approximate surface area is 118 Å². The molecule has 1 N–H and O–H groups in total. The molecule has 1 atom stereocenters. The fourth-order valence-corrected chi connectivity index (χ4v) is 2.63. The number of rotatable bonds is 4. The summed E-state index contributed by atoms with van der Waals surface area (Å²) in [6.07, 6.45) is 2.61. The summed E-state index contributed by atoms with van der Waals surface area (Å²) in [7, 11) is 0. The molecule has 0 radical (unpaired) electrons. The molecule has 0 aliphatic heterocycles. The Morgan fingerprint density at radius 3 is 2.53 bits per heavy atom. The van der Waals surface area contributed by atoms with Crippen LogP contribution in [0.2, 0.25) is 0 Å². The van der Waals surface area contributed by atoms with Crippen LogP contribution in [0.15, 0.2) is 24.3 Å². The molecule has 0 saturated heterocycles. The average molecular weight is 259 g/mol. The largest absolute Gasteiger partial charge is 0.314 e. The zero-order valence-corrected chi connectivity index (χ0v) is 13.2. The third kappa shape index (κ3) is 3.82. The molecule has 1 saturated carbocycles. The Bertz CT molecular complexity index is 410. The van der Waals surface area contributed by atoms with E-state index in [9.17, 15) is 0 Å². The van der Waals surface area contributed by atoms with Crippen molar-refractivity contribution in [3.8, 4) is 0 Å². The summed E-state index contributed by atoms with van der Waals surface area (Å²) in [6, 6.07) is 9.73. The first-order valence-corrected chi connectivity index (χ1v) is 7.66. The highest BCUT2D eigenvalue weighted by atomic mass is 14.9. The molecule has 19 heavy (non-hydrogen) atoms. The van der Waals surface area contributed by atoms with Crippen molar-refractivity contribution < 1.29 is 0 Å². The van der Waals surface area contributed by atoms with Gasteiger partial charge in [-0.15, -0.1) is 0 Å². The van der Waals surface area contributed by atoms with Gasteiger partial charge in [0, 0.05) is 6.04 Å². The second-order valence-corrected chi connectivity index (χ2v) is 7.45. The lowest BCUT2D eigenvalue weighted by molar-refractivity contribution is 0.215. The highest BCUT2D eigenvalue weighted by Crippen LogP contribution is 2.37. The molecule has 0 aromatic heterocycles. The molecule has 1 nitrogen and oxygen atoms in total. The van der Waals surface area contributed by atoms with Crippen molar-refractivity contribution in [3.05, 3.63) is 35.4 Å². The fraction of sp³-hybridized carbons (Fsp3) is 0.667. The van der Waals surface area contributed by atoms with Crippen molar-refractivity contribution in [2.24, 2.45) is 11.3 Å². The number of hydrogen-bond donors (Lipinski definition) is 1. The molecule has 1 aliphatic carbocycles. The summed E-state index contributed by atoms with van der Waals surface area (Å²) >= 11 is 0. The van der Waals surface area contributed by atoms with Crippen LogP contribution >= 0.6 is 0 Å². The van der Waals surface area contributed by atoms with Crippen LogP contribution < -0.4 is 5.32 Å². The molecule has 0 amide bonds. The molecule has 2 rings (SSSR count). The van der Waals surface area contributed by atoms with E-state index in [0.717, 1.165) is 24.4 Å². The Morgan fingerprint density at radius 2 is 1.95 bits per heavy atom.